The molecule has 1 atom stereocenters. The molecule has 4 N–H and O–H groups in total. The minimum absolute atomic E-state index is 0.177. The van der Waals surface area contributed by atoms with E-state index in [0.717, 1.165) is 0 Å². The normalized spacial score (nSPS) is 11.9. The molecule has 94 valence electrons. The van der Waals surface area contributed by atoms with Gasteiger partial charge in [0, 0.05) is 19.9 Å². The molecule has 1 unspecified atom stereocenters. The van der Waals surface area contributed by atoms with Crippen molar-refractivity contribution in [3.63, 3.8) is 0 Å². The number of amides is 1. The van der Waals surface area contributed by atoms with Gasteiger partial charge in [-0.3, -0.25) is 15.6 Å². The summed E-state index contributed by atoms with van der Waals surface area (Å²) in [6.07, 6.45) is 3.06. The Hall–Kier alpha value is -1.66. The molecule has 0 radical (unpaired) electrons. The Bertz CT molecular complexity index is 370. The summed E-state index contributed by atoms with van der Waals surface area (Å²) in [7, 11) is 1.64. The predicted molar refractivity (Wildman–Crippen MR) is 65.4 cm³/mol. The van der Waals surface area contributed by atoms with Crippen molar-refractivity contribution in [1.82, 2.24) is 10.3 Å². The molecule has 0 aliphatic rings. The van der Waals surface area contributed by atoms with Crippen molar-refractivity contribution in [2.45, 2.75) is 6.92 Å². The second kappa shape index (κ2) is 6.82. The predicted octanol–water partition coefficient (Wildman–Crippen LogP) is 0.380. The molecule has 0 aliphatic heterocycles. The van der Waals surface area contributed by atoms with Gasteiger partial charge in [-0.1, -0.05) is 6.92 Å². The SMILES string of the molecule is COCC(C)CNC(=O)c1ccncc1NN. The zero-order valence-corrected chi connectivity index (χ0v) is 10.1. The number of rotatable bonds is 6. The van der Waals surface area contributed by atoms with Crippen LogP contribution in [0.15, 0.2) is 18.5 Å². The molecule has 17 heavy (non-hydrogen) atoms. The summed E-state index contributed by atoms with van der Waals surface area (Å²) in [5, 5.41) is 2.82. The number of nitrogens with zero attached hydrogens (tertiary/aromatic N) is 1. The fourth-order valence-electron chi connectivity index (χ4n) is 1.41. The molecule has 0 fully saturated rings. The Morgan fingerprint density at radius 1 is 1.65 bits per heavy atom. The van der Waals surface area contributed by atoms with E-state index in [1.54, 1.807) is 19.4 Å². The minimum Gasteiger partial charge on any atom is -0.384 e. The first-order valence-electron chi connectivity index (χ1n) is 5.36. The summed E-state index contributed by atoms with van der Waals surface area (Å²) in [6.45, 7) is 3.16. The van der Waals surface area contributed by atoms with E-state index >= 15 is 0 Å². The van der Waals surface area contributed by atoms with Crippen LogP contribution in [-0.2, 0) is 4.74 Å². The number of methoxy groups -OCH3 is 1. The fourth-order valence-corrected chi connectivity index (χ4v) is 1.41. The van der Waals surface area contributed by atoms with E-state index in [-0.39, 0.29) is 11.8 Å². The highest BCUT2D eigenvalue weighted by Gasteiger charge is 2.11. The van der Waals surface area contributed by atoms with Gasteiger partial charge in [-0.2, -0.15) is 0 Å². The third-order valence-electron chi connectivity index (χ3n) is 2.28. The number of ether oxygens (including phenoxy) is 1. The lowest BCUT2D eigenvalue weighted by atomic mass is 10.1. The van der Waals surface area contributed by atoms with E-state index in [1.807, 2.05) is 6.92 Å². The molecule has 0 saturated carbocycles. The summed E-state index contributed by atoms with van der Waals surface area (Å²) in [5.74, 6) is 5.39. The number of anilines is 1. The number of pyridine rings is 1. The van der Waals surface area contributed by atoms with Crippen molar-refractivity contribution in [2.75, 3.05) is 25.7 Å². The first-order chi connectivity index (χ1) is 8.19. The Kier molecular flexibility index (Phi) is 5.38. The molecule has 1 rings (SSSR count). The number of nitrogens with two attached hydrogens (primary N) is 1. The molecular weight excluding hydrogens is 220 g/mol. The number of carbonyl (C=O) groups excluding carboxylic acids is 1. The van der Waals surface area contributed by atoms with E-state index in [9.17, 15) is 4.79 Å². The van der Waals surface area contributed by atoms with Crippen LogP contribution in [0.1, 0.15) is 17.3 Å². The van der Waals surface area contributed by atoms with Gasteiger partial charge in [0.15, 0.2) is 0 Å². The molecule has 0 aromatic carbocycles. The standard InChI is InChI=1S/C11H18N4O2/c1-8(7-17-2)5-14-11(16)9-3-4-13-6-10(9)15-12/h3-4,6,8,15H,5,7,12H2,1-2H3,(H,14,16). The number of aromatic nitrogens is 1. The molecule has 0 saturated heterocycles. The van der Waals surface area contributed by atoms with Gasteiger partial charge in [-0.05, 0) is 12.0 Å². The number of nitrogen functional groups attached to an aromatic ring is 1. The first kappa shape index (κ1) is 13.4. The monoisotopic (exact) mass is 238 g/mol. The summed E-state index contributed by atoms with van der Waals surface area (Å²) < 4.78 is 4.99. The summed E-state index contributed by atoms with van der Waals surface area (Å²) >= 11 is 0. The largest absolute Gasteiger partial charge is 0.384 e. The third-order valence-corrected chi connectivity index (χ3v) is 2.28. The zero-order chi connectivity index (χ0) is 12.7. The van der Waals surface area contributed by atoms with Crippen molar-refractivity contribution in [1.29, 1.82) is 0 Å². The van der Waals surface area contributed by atoms with Crippen LogP contribution < -0.4 is 16.6 Å². The van der Waals surface area contributed by atoms with Gasteiger partial charge in [0.05, 0.1) is 24.1 Å². The fraction of sp³-hybridized carbons (Fsp3) is 0.455. The van der Waals surface area contributed by atoms with Gasteiger partial charge >= 0.3 is 0 Å². The van der Waals surface area contributed by atoms with Crippen LogP contribution in [0.2, 0.25) is 0 Å². The molecule has 0 spiro atoms. The third kappa shape index (κ3) is 4.01. The second-order valence-electron chi connectivity index (χ2n) is 3.84. The van der Waals surface area contributed by atoms with Crippen molar-refractivity contribution in [2.24, 2.45) is 11.8 Å². The first-order valence-corrected chi connectivity index (χ1v) is 5.36. The van der Waals surface area contributed by atoms with Gasteiger partial charge in [-0.25, -0.2) is 0 Å². The highest BCUT2D eigenvalue weighted by Crippen LogP contribution is 2.11. The second-order valence-corrected chi connectivity index (χ2v) is 3.84. The molecule has 6 nitrogen and oxygen atoms in total. The van der Waals surface area contributed by atoms with Crippen molar-refractivity contribution < 1.29 is 9.53 Å². The van der Waals surface area contributed by atoms with E-state index in [4.69, 9.17) is 10.6 Å². The van der Waals surface area contributed by atoms with Crippen molar-refractivity contribution in [3.05, 3.63) is 24.0 Å². The Labute approximate surface area is 101 Å². The van der Waals surface area contributed by atoms with Crippen molar-refractivity contribution >= 4 is 11.6 Å². The maximum absolute atomic E-state index is 11.9. The summed E-state index contributed by atoms with van der Waals surface area (Å²) in [5.41, 5.74) is 3.42. The molecule has 6 heteroatoms. The maximum Gasteiger partial charge on any atom is 0.253 e. The quantitative estimate of drug-likeness (QED) is 0.492. The lowest BCUT2D eigenvalue weighted by Gasteiger charge is -2.12. The lowest BCUT2D eigenvalue weighted by Crippen LogP contribution is -2.30. The van der Waals surface area contributed by atoms with Gasteiger partial charge in [-0.15, -0.1) is 0 Å². The number of hydrazine groups is 1. The topological polar surface area (TPSA) is 89.3 Å². The Balaban J connectivity index is 2.58. The molecule has 0 aliphatic carbocycles. The number of hydrogen-bond acceptors (Lipinski definition) is 5. The maximum atomic E-state index is 11.9. The van der Waals surface area contributed by atoms with Gasteiger partial charge < -0.3 is 15.5 Å². The van der Waals surface area contributed by atoms with Crippen LogP contribution in [0.25, 0.3) is 0 Å². The van der Waals surface area contributed by atoms with Crippen LogP contribution in [0, 0.1) is 5.92 Å². The van der Waals surface area contributed by atoms with Crippen LogP contribution in [0.3, 0.4) is 0 Å². The van der Waals surface area contributed by atoms with E-state index in [1.165, 1.54) is 6.20 Å². The smallest absolute Gasteiger partial charge is 0.253 e. The van der Waals surface area contributed by atoms with E-state index < -0.39 is 0 Å². The van der Waals surface area contributed by atoms with E-state index in [2.05, 4.69) is 15.7 Å². The highest BCUT2D eigenvalue weighted by molar-refractivity contribution is 5.99. The molecular formula is C11H18N4O2. The summed E-state index contributed by atoms with van der Waals surface area (Å²) in [4.78, 5) is 15.7. The minimum atomic E-state index is -0.177. The Morgan fingerprint density at radius 3 is 3.06 bits per heavy atom. The molecule has 0 bridgehead atoms. The molecule has 1 aromatic heterocycles. The molecule has 1 amide bonds. The van der Waals surface area contributed by atoms with Crippen LogP contribution in [0.5, 0.6) is 0 Å². The van der Waals surface area contributed by atoms with Crippen LogP contribution in [0.4, 0.5) is 5.69 Å². The average molecular weight is 238 g/mol. The average Bonchev–Trinajstić information content (AvgIpc) is 2.36. The highest BCUT2D eigenvalue weighted by atomic mass is 16.5. The number of nitrogens with one attached hydrogen (secondary N) is 2. The van der Waals surface area contributed by atoms with E-state index in [0.29, 0.717) is 24.4 Å². The lowest BCUT2D eigenvalue weighted by molar-refractivity contribution is 0.0934. The van der Waals surface area contributed by atoms with Crippen molar-refractivity contribution in [3.8, 4) is 0 Å². The zero-order valence-electron chi connectivity index (χ0n) is 10.1. The molecule has 1 aromatic rings. The van der Waals surface area contributed by atoms with Crippen LogP contribution >= 0.6 is 0 Å². The number of hydrogen-bond donors (Lipinski definition) is 3. The summed E-state index contributed by atoms with van der Waals surface area (Å²) in [6, 6.07) is 1.62. The number of carbonyl (C=O) groups is 1. The van der Waals surface area contributed by atoms with Gasteiger partial charge in [0.25, 0.3) is 5.91 Å². The molecule has 1 heterocycles. The van der Waals surface area contributed by atoms with Crippen LogP contribution in [-0.4, -0.2) is 31.2 Å². The Morgan fingerprint density at radius 2 is 2.41 bits per heavy atom. The van der Waals surface area contributed by atoms with Gasteiger partial charge in [0.1, 0.15) is 0 Å². The van der Waals surface area contributed by atoms with Gasteiger partial charge in [0.2, 0.25) is 0 Å².